The quantitative estimate of drug-likeness (QED) is 0.452. The molecule has 2 heterocycles. The largest absolute Gasteiger partial charge is 0.338 e. The molecule has 0 bridgehead atoms. The topological polar surface area (TPSA) is 24.3 Å². The summed E-state index contributed by atoms with van der Waals surface area (Å²) in [5, 5.41) is 4.48. The lowest BCUT2D eigenvalue weighted by Gasteiger charge is -2.35. The number of para-hydroxylation sites is 1. The van der Waals surface area contributed by atoms with Gasteiger partial charge in [-0.15, -0.1) is 0 Å². The van der Waals surface area contributed by atoms with Crippen molar-refractivity contribution in [1.29, 1.82) is 0 Å². The molecule has 4 heteroatoms. The Morgan fingerprint density at radius 1 is 0.667 bits per heavy atom. The lowest BCUT2D eigenvalue weighted by molar-refractivity contribution is 0.614. The molecule has 0 spiro atoms. The first-order chi connectivity index (χ1) is 14.8. The van der Waals surface area contributed by atoms with E-state index >= 15 is 0 Å². The molecule has 4 aromatic rings. The van der Waals surface area contributed by atoms with Gasteiger partial charge in [0.1, 0.15) is 12.0 Å². The molecular weight excluding hydrogens is 368 g/mol. The summed E-state index contributed by atoms with van der Waals surface area (Å²) < 4.78 is 1.98. The average molecular weight is 395 g/mol. The molecule has 0 amide bonds. The number of aromatic nitrogens is 2. The average Bonchev–Trinajstić information content (AvgIpc) is 3.35. The Labute approximate surface area is 178 Å². The van der Waals surface area contributed by atoms with Crippen molar-refractivity contribution < 1.29 is 0 Å². The van der Waals surface area contributed by atoms with Crippen molar-refractivity contribution >= 4 is 11.5 Å². The third-order valence-electron chi connectivity index (χ3n) is 6.08. The smallest absolute Gasteiger partial charge is 0.130 e. The van der Waals surface area contributed by atoms with Crippen LogP contribution in [0.5, 0.6) is 0 Å². The van der Waals surface area contributed by atoms with E-state index in [2.05, 4.69) is 119 Å². The van der Waals surface area contributed by atoms with Gasteiger partial charge in [-0.2, -0.15) is 5.10 Å². The van der Waals surface area contributed by atoms with Crippen LogP contribution in [-0.2, 0) is 7.05 Å². The molecule has 3 aromatic carbocycles. The Kier molecular flexibility index (Phi) is 4.75. The van der Waals surface area contributed by atoms with E-state index < -0.39 is 0 Å². The lowest BCUT2D eigenvalue weighted by Crippen LogP contribution is -2.34. The highest BCUT2D eigenvalue weighted by atomic mass is 15.5. The minimum atomic E-state index is 0.0595. The number of hydrogen-bond acceptors (Lipinski definition) is 3. The van der Waals surface area contributed by atoms with Gasteiger partial charge < -0.3 is 9.80 Å². The van der Waals surface area contributed by atoms with Crippen LogP contribution in [0.4, 0.5) is 11.5 Å². The first-order valence-corrected chi connectivity index (χ1v) is 10.5. The Morgan fingerprint density at radius 2 is 1.23 bits per heavy atom. The maximum Gasteiger partial charge on any atom is 0.130 e. The molecule has 1 aromatic heterocycles. The molecule has 1 aliphatic heterocycles. The van der Waals surface area contributed by atoms with Gasteiger partial charge in [0, 0.05) is 18.8 Å². The molecule has 3 atom stereocenters. The maximum absolute atomic E-state index is 4.48. The van der Waals surface area contributed by atoms with Gasteiger partial charge in [0.2, 0.25) is 0 Å². The van der Waals surface area contributed by atoms with Crippen LogP contribution < -0.4 is 9.80 Å². The molecule has 1 aliphatic rings. The van der Waals surface area contributed by atoms with Crippen molar-refractivity contribution in [2.45, 2.75) is 25.2 Å². The fraction of sp³-hybridized carbons (Fsp3) is 0.192. The molecule has 4 nitrogen and oxygen atoms in total. The van der Waals surface area contributed by atoms with Gasteiger partial charge >= 0.3 is 0 Å². The van der Waals surface area contributed by atoms with Gasteiger partial charge in [-0.25, -0.2) is 0 Å². The summed E-state index contributed by atoms with van der Waals surface area (Å²) in [6, 6.07) is 34.9. The predicted octanol–water partition coefficient (Wildman–Crippen LogP) is 5.58. The second-order valence-corrected chi connectivity index (χ2v) is 7.84. The Morgan fingerprint density at radius 3 is 1.80 bits per heavy atom. The highest BCUT2D eigenvalue weighted by molar-refractivity contribution is 5.61. The van der Waals surface area contributed by atoms with Gasteiger partial charge in [-0.3, -0.25) is 4.68 Å². The third kappa shape index (κ3) is 3.05. The van der Waals surface area contributed by atoms with E-state index in [4.69, 9.17) is 0 Å². The van der Waals surface area contributed by atoms with E-state index in [0.717, 1.165) is 5.82 Å². The van der Waals surface area contributed by atoms with Crippen LogP contribution in [0.15, 0.2) is 103 Å². The summed E-state index contributed by atoms with van der Waals surface area (Å²) in [6.45, 7) is 2.32. The van der Waals surface area contributed by atoms with Gasteiger partial charge in [0.25, 0.3) is 0 Å². The van der Waals surface area contributed by atoms with Gasteiger partial charge in [-0.05, 0) is 30.2 Å². The molecule has 2 unspecified atom stereocenters. The molecule has 30 heavy (non-hydrogen) atoms. The van der Waals surface area contributed by atoms with Gasteiger partial charge in [-0.1, -0.05) is 78.9 Å². The summed E-state index contributed by atoms with van der Waals surface area (Å²) in [6.07, 6.45) is 1.94. The maximum atomic E-state index is 4.48. The van der Waals surface area contributed by atoms with Crippen molar-refractivity contribution in [2.24, 2.45) is 7.05 Å². The van der Waals surface area contributed by atoms with Crippen LogP contribution in [0.1, 0.15) is 30.3 Å². The molecule has 0 N–H and O–H groups in total. The van der Waals surface area contributed by atoms with E-state index in [1.165, 1.54) is 16.8 Å². The van der Waals surface area contributed by atoms with Gasteiger partial charge in [0.05, 0.1) is 18.3 Å². The highest BCUT2D eigenvalue weighted by Gasteiger charge is 2.47. The molecule has 0 saturated carbocycles. The van der Waals surface area contributed by atoms with E-state index in [1.807, 2.05) is 17.9 Å². The van der Waals surface area contributed by atoms with Crippen LogP contribution in [0, 0.1) is 0 Å². The lowest BCUT2D eigenvalue weighted by atomic mass is 9.99. The number of rotatable bonds is 4. The fourth-order valence-electron chi connectivity index (χ4n) is 4.79. The zero-order valence-corrected chi connectivity index (χ0v) is 17.3. The summed E-state index contributed by atoms with van der Waals surface area (Å²) in [5.74, 6) is 1.12. The monoisotopic (exact) mass is 394 g/mol. The summed E-state index contributed by atoms with van der Waals surface area (Å²) in [7, 11) is 2.02. The second kappa shape index (κ2) is 7.71. The fourth-order valence-corrected chi connectivity index (χ4v) is 4.79. The van der Waals surface area contributed by atoms with E-state index in [9.17, 15) is 0 Å². The molecule has 0 aliphatic carbocycles. The SMILES string of the molecule is C[C@H]1C(c2ccccc2)N(c2ccccc2)C(c2ccccc2)N1c1ccnn1C. The van der Waals surface area contributed by atoms with Crippen molar-refractivity contribution in [2.75, 3.05) is 9.80 Å². The van der Waals surface area contributed by atoms with Crippen molar-refractivity contribution in [3.63, 3.8) is 0 Å². The van der Waals surface area contributed by atoms with Crippen molar-refractivity contribution in [3.8, 4) is 0 Å². The Balaban J connectivity index is 1.74. The normalized spacial score (nSPS) is 21.2. The summed E-state index contributed by atoms with van der Waals surface area (Å²) in [4.78, 5) is 5.06. The molecule has 1 fully saturated rings. The molecular formula is C26H26N4. The molecule has 150 valence electrons. The Hall–Kier alpha value is -3.53. The van der Waals surface area contributed by atoms with Crippen molar-refractivity contribution in [3.05, 3.63) is 114 Å². The minimum Gasteiger partial charge on any atom is -0.338 e. The van der Waals surface area contributed by atoms with Crippen LogP contribution in [0.2, 0.25) is 0 Å². The van der Waals surface area contributed by atoms with Crippen LogP contribution in [0.25, 0.3) is 0 Å². The standard InChI is InChI=1S/C26H26N4/c1-20-25(21-12-6-3-7-13-21)30(23-16-10-5-11-17-23)26(22-14-8-4-9-15-22)29(20)24-18-19-27-28(24)2/h3-20,25-26H,1-2H3/t20-,25?,26?/m0/s1. The summed E-state index contributed by atoms with van der Waals surface area (Å²) >= 11 is 0. The highest BCUT2D eigenvalue weighted by Crippen LogP contribution is 2.49. The van der Waals surface area contributed by atoms with Crippen LogP contribution in [0.3, 0.4) is 0 Å². The number of benzene rings is 3. The molecule has 5 rings (SSSR count). The second-order valence-electron chi connectivity index (χ2n) is 7.84. The minimum absolute atomic E-state index is 0.0595. The van der Waals surface area contributed by atoms with Gasteiger partial charge in [0.15, 0.2) is 0 Å². The van der Waals surface area contributed by atoms with E-state index in [-0.39, 0.29) is 18.2 Å². The first-order valence-electron chi connectivity index (χ1n) is 10.5. The number of nitrogens with zero attached hydrogens (tertiary/aromatic N) is 4. The number of anilines is 2. The first kappa shape index (κ1) is 18.5. The van der Waals surface area contributed by atoms with Crippen LogP contribution >= 0.6 is 0 Å². The molecule has 1 saturated heterocycles. The zero-order chi connectivity index (χ0) is 20.5. The number of hydrogen-bond donors (Lipinski definition) is 0. The Bertz CT molecular complexity index is 1090. The van der Waals surface area contributed by atoms with Crippen molar-refractivity contribution in [1.82, 2.24) is 9.78 Å². The third-order valence-corrected chi connectivity index (χ3v) is 6.08. The zero-order valence-electron chi connectivity index (χ0n) is 17.3. The van der Waals surface area contributed by atoms with E-state index in [1.54, 1.807) is 0 Å². The summed E-state index contributed by atoms with van der Waals surface area (Å²) in [5.41, 5.74) is 3.81. The van der Waals surface area contributed by atoms with E-state index in [0.29, 0.717) is 0 Å². The molecule has 0 radical (unpaired) electrons. The predicted molar refractivity (Wildman–Crippen MR) is 122 cm³/mol. The van der Waals surface area contributed by atoms with Crippen LogP contribution in [-0.4, -0.2) is 15.8 Å². The number of aryl methyl sites for hydroxylation is 1.